The molecule has 0 aromatic carbocycles. The van der Waals surface area contributed by atoms with Crippen LogP contribution in [0.2, 0.25) is 5.02 Å². The van der Waals surface area contributed by atoms with Crippen molar-refractivity contribution in [2.24, 2.45) is 11.8 Å². The predicted molar refractivity (Wildman–Crippen MR) is 80.6 cm³/mol. The Kier molecular flexibility index (Phi) is 5.63. The zero-order valence-corrected chi connectivity index (χ0v) is 12.5. The first-order valence-electron chi connectivity index (χ1n) is 6.97. The molecule has 2 rings (SSSR count). The van der Waals surface area contributed by atoms with E-state index in [1.807, 2.05) is 7.05 Å². The van der Waals surface area contributed by atoms with E-state index < -0.39 is 0 Å². The van der Waals surface area contributed by atoms with Crippen molar-refractivity contribution in [1.82, 2.24) is 9.97 Å². The monoisotopic (exact) mass is 293 g/mol. The first-order valence-corrected chi connectivity index (χ1v) is 7.34. The molecule has 1 aliphatic rings. The first-order chi connectivity index (χ1) is 9.69. The fourth-order valence-electron chi connectivity index (χ4n) is 2.65. The number of aromatic nitrogens is 2. The van der Waals surface area contributed by atoms with Gasteiger partial charge in [-0.1, -0.05) is 23.4 Å². The van der Waals surface area contributed by atoms with Crippen molar-refractivity contribution < 1.29 is 5.11 Å². The molecule has 0 aliphatic heterocycles. The molecule has 1 aromatic heterocycles. The van der Waals surface area contributed by atoms with Crippen molar-refractivity contribution in [3.8, 4) is 11.8 Å². The summed E-state index contributed by atoms with van der Waals surface area (Å²) in [5, 5.41) is 9.27. The Balaban J connectivity index is 1.81. The van der Waals surface area contributed by atoms with E-state index in [2.05, 4.69) is 26.7 Å². The number of rotatable bonds is 3. The Morgan fingerprint density at radius 1 is 1.30 bits per heavy atom. The number of aliphatic hydroxyl groups excluding tert-OH is 1. The third-order valence-electron chi connectivity index (χ3n) is 3.71. The van der Waals surface area contributed by atoms with Gasteiger partial charge in [0.15, 0.2) is 0 Å². The van der Waals surface area contributed by atoms with Gasteiger partial charge in [0.2, 0.25) is 5.95 Å². The number of aliphatic hydroxyl groups is 1. The van der Waals surface area contributed by atoms with Crippen LogP contribution in [-0.4, -0.2) is 35.3 Å². The number of halogens is 1. The molecule has 0 spiro atoms. The summed E-state index contributed by atoms with van der Waals surface area (Å²) >= 11 is 5.79. The minimum atomic E-state index is -0.0312. The molecule has 0 atom stereocenters. The molecule has 0 saturated heterocycles. The summed E-state index contributed by atoms with van der Waals surface area (Å²) in [5.41, 5.74) is 0. The average Bonchev–Trinajstić information content (AvgIpc) is 2.47. The lowest BCUT2D eigenvalue weighted by atomic mass is 9.82. The Labute approximate surface area is 125 Å². The molecule has 1 N–H and O–H groups in total. The highest BCUT2D eigenvalue weighted by atomic mass is 35.5. The quantitative estimate of drug-likeness (QED) is 0.869. The molecular weight excluding hydrogens is 274 g/mol. The molecule has 1 fully saturated rings. The largest absolute Gasteiger partial charge is 0.384 e. The van der Waals surface area contributed by atoms with Crippen LogP contribution in [0.1, 0.15) is 25.7 Å². The molecule has 20 heavy (non-hydrogen) atoms. The van der Waals surface area contributed by atoms with Crippen molar-refractivity contribution in [1.29, 1.82) is 0 Å². The van der Waals surface area contributed by atoms with Gasteiger partial charge in [-0.15, -0.1) is 0 Å². The van der Waals surface area contributed by atoms with E-state index in [-0.39, 0.29) is 6.61 Å². The molecule has 1 aliphatic carbocycles. The molecular formula is C15H20ClN3O. The molecule has 1 saturated carbocycles. The zero-order valence-electron chi connectivity index (χ0n) is 11.7. The predicted octanol–water partition coefficient (Wildman–Crippen LogP) is 2.37. The Bertz CT molecular complexity index is 472. The minimum absolute atomic E-state index is 0.0312. The van der Waals surface area contributed by atoms with Crippen LogP contribution in [0.5, 0.6) is 0 Å². The minimum Gasteiger partial charge on any atom is -0.384 e. The molecule has 1 aromatic rings. The highest BCUT2D eigenvalue weighted by Gasteiger charge is 2.21. The van der Waals surface area contributed by atoms with Crippen LogP contribution in [0.25, 0.3) is 0 Å². The van der Waals surface area contributed by atoms with Gasteiger partial charge in [0, 0.05) is 19.5 Å². The molecule has 4 nitrogen and oxygen atoms in total. The molecule has 0 unspecified atom stereocenters. The fraction of sp³-hybridized carbons (Fsp3) is 0.600. The second-order valence-electron chi connectivity index (χ2n) is 5.28. The van der Waals surface area contributed by atoms with Gasteiger partial charge < -0.3 is 10.0 Å². The van der Waals surface area contributed by atoms with Crippen LogP contribution in [0.4, 0.5) is 5.95 Å². The molecule has 5 heteroatoms. The van der Waals surface area contributed by atoms with Crippen LogP contribution < -0.4 is 4.90 Å². The summed E-state index contributed by atoms with van der Waals surface area (Å²) < 4.78 is 0. The number of nitrogens with zero attached hydrogens (tertiary/aromatic N) is 3. The first kappa shape index (κ1) is 15.1. The Morgan fingerprint density at radius 2 is 1.95 bits per heavy atom. The molecule has 108 valence electrons. The summed E-state index contributed by atoms with van der Waals surface area (Å²) in [6.45, 7) is 0.929. The van der Waals surface area contributed by atoms with Gasteiger partial charge in [-0.25, -0.2) is 9.97 Å². The summed E-state index contributed by atoms with van der Waals surface area (Å²) in [6.07, 6.45) is 7.83. The maximum absolute atomic E-state index is 8.71. The van der Waals surface area contributed by atoms with E-state index in [4.69, 9.17) is 16.7 Å². The third-order valence-corrected chi connectivity index (χ3v) is 3.91. The van der Waals surface area contributed by atoms with Crippen molar-refractivity contribution >= 4 is 17.5 Å². The second-order valence-corrected chi connectivity index (χ2v) is 5.72. The normalized spacial score (nSPS) is 21.9. The van der Waals surface area contributed by atoms with Gasteiger partial charge in [0.25, 0.3) is 0 Å². The van der Waals surface area contributed by atoms with Gasteiger partial charge >= 0.3 is 0 Å². The molecule has 0 radical (unpaired) electrons. The highest BCUT2D eigenvalue weighted by molar-refractivity contribution is 6.30. The van der Waals surface area contributed by atoms with E-state index in [0.29, 0.717) is 16.9 Å². The Morgan fingerprint density at radius 3 is 2.55 bits per heavy atom. The highest BCUT2D eigenvalue weighted by Crippen LogP contribution is 2.29. The van der Waals surface area contributed by atoms with Crippen molar-refractivity contribution in [2.75, 3.05) is 25.1 Å². The van der Waals surface area contributed by atoms with E-state index in [1.165, 1.54) is 12.8 Å². The molecule has 0 amide bonds. The zero-order chi connectivity index (χ0) is 14.4. The van der Waals surface area contributed by atoms with E-state index in [9.17, 15) is 0 Å². The van der Waals surface area contributed by atoms with Crippen molar-refractivity contribution in [3.63, 3.8) is 0 Å². The summed E-state index contributed by atoms with van der Waals surface area (Å²) in [6, 6.07) is 0. The van der Waals surface area contributed by atoms with Gasteiger partial charge in [-0.3, -0.25) is 0 Å². The van der Waals surface area contributed by atoms with Crippen LogP contribution in [0, 0.1) is 23.7 Å². The van der Waals surface area contributed by atoms with Gasteiger partial charge in [-0.05, 0) is 31.6 Å². The SMILES string of the molecule is CN(CC1CCC(C#CCO)CC1)c1ncc(Cl)cn1. The maximum Gasteiger partial charge on any atom is 0.225 e. The number of hydrogen-bond acceptors (Lipinski definition) is 4. The van der Waals surface area contributed by atoms with Gasteiger partial charge in [0.05, 0.1) is 17.4 Å². The van der Waals surface area contributed by atoms with Crippen LogP contribution in [-0.2, 0) is 0 Å². The van der Waals surface area contributed by atoms with Crippen LogP contribution >= 0.6 is 11.6 Å². The van der Waals surface area contributed by atoms with Gasteiger partial charge in [0.1, 0.15) is 6.61 Å². The summed E-state index contributed by atoms with van der Waals surface area (Å²) in [7, 11) is 2.01. The van der Waals surface area contributed by atoms with Crippen molar-refractivity contribution in [3.05, 3.63) is 17.4 Å². The maximum atomic E-state index is 8.71. The van der Waals surface area contributed by atoms with E-state index >= 15 is 0 Å². The smallest absolute Gasteiger partial charge is 0.225 e. The number of anilines is 1. The topological polar surface area (TPSA) is 49.2 Å². The van der Waals surface area contributed by atoms with Gasteiger partial charge in [-0.2, -0.15) is 0 Å². The lowest BCUT2D eigenvalue weighted by Crippen LogP contribution is -2.29. The lowest BCUT2D eigenvalue weighted by molar-refractivity contribution is 0.318. The van der Waals surface area contributed by atoms with E-state index in [1.54, 1.807) is 12.4 Å². The number of hydrogen-bond donors (Lipinski definition) is 1. The third kappa shape index (κ3) is 4.36. The van der Waals surface area contributed by atoms with Crippen LogP contribution in [0.15, 0.2) is 12.4 Å². The molecule has 1 heterocycles. The Hall–Kier alpha value is -1.31. The second kappa shape index (κ2) is 7.47. The van der Waals surface area contributed by atoms with Crippen LogP contribution in [0.3, 0.4) is 0 Å². The van der Waals surface area contributed by atoms with E-state index in [0.717, 1.165) is 25.3 Å². The standard InChI is InChI=1S/C15H20ClN3O/c1-19(15-17-9-14(16)10-18-15)11-13-6-4-12(5-7-13)3-2-8-20/h9-10,12-13,20H,4-8,11H2,1H3. The summed E-state index contributed by atoms with van der Waals surface area (Å²) in [4.78, 5) is 10.5. The van der Waals surface area contributed by atoms with Crippen molar-refractivity contribution in [2.45, 2.75) is 25.7 Å². The molecule has 0 bridgehead atoms. The fourth-order valence-corrected chi connectivity index (χ4v) is 2.75. The lowest BCUT2D eigenvalue weighted by Gasteiger charge is -2.29. The average molecular weight is 294 g/mol. The summed E-state index contributed by atoms with van der Waals surface area (Å²) in [5.74, 6) is 7.73.